The highest BCUT2D eigenvalue weighted by molar-refractivity contribution is 5.94. The highest BCUT2D eigenvalue weighted by atomic mass is 16.5. The number of rotatable bonds is 3. The molecule has 0 fully saturated rings. The Hall–Kier alpha value is -2.35. The molecule has 0 aliphatic carbocycles. The second-order valence-corrected chi connectivity index (χ2v) is 3.82. The molecule has 0 aromatic heterocycles. The summed E-state index contributed by atoms with van der Waals surface area (Å²) in [6, 6.07) is 17.3. The molecule has 0 saturated heterocycles. The number of carbonyl (C=O) groups is 1. The van der Waals surface area contributed by atoms with Crippen LogP contribution < -0.4 is 0 Å². The topological polar surface area (TPSA) is 26.3 Å². The van der Waals surface area contributed by atoms with Crippen LogP contribution in [0.15, 0.2) is 54.6 Å². The van der Waals surface area contributed by atoms with Gasteiger partial charge in [0.1, 0.15) is 0 Å². The third kappa shape index (κ3) is 2.86. The molecule has 2 nitrogen and oxygen atoms in total. The van der Waals surface area contributed by atoms with E-state index in [1.165, 1.54) is 7.11 Å². The van der Waals surface area contributed by atoms with E-state index in [4.69, 9.17) is 4.74 Å². The molecular formula is C16H14O2. The van der Waals surface area contributed by atoms with Crippen molar-refractivity contribution in [2.75, 3.05) is 7.11 Å². The lowest BCUT2D eigenvalue weighted by Crippen LogP contribution is -2.02. The highest BCUT2D eigenvalue weighted by Crippen LogP contribution is 2.14. The molecule has 90 valence electrons. The first-order valence-electron chi connectivity index (χ1n) is 5.72. The van der Waals surface area contributed by atoms with Crippen molar-refractivity contribution < 1.29 is 9.53 Å². The van der Waals surface area contributed by atoms with E-state index in [0.717, 1.165) is 11.1 Å². The van der Waals surface area contributed by atoms with Crippen LogP contribution in [0.3, 0.4) is 0 Å². The molecule has 2 heteroatoms. The van der Waals surface area contributed by atoms with Crippen LogP contribution in [0.2, 0.25) is 0 Å². The number of esters is 1. The zero-order chi connectivity index (χ0) is 12.8. The molecule has 2 aromatic rings. The summed E-state index contributed by atoms with van der Waals surface area (Å²) in [6.45, 7) is 0. The van der Waals surface area contributed by atoms with E-state index in [2.05, 4.69) is 0 Å². The lowest BCUT2D eigenvalue weighted by Gasteiger charge is -2.03. The van der Waals surface area contributed by atoms with E-state index < -0.39 is 0 Å². The molecule has 0 atom stereocenters. The number of ether oxygens (including phenoxy) is 1. The molecule has 2 aromatic carbocycles. The number of methoxy groups -OCH3 is 1. The fourth-order valence-electron chi connectivity index (χ4n) is 1.69. The van der Waals surface area contributed by atoms with E-state index in [0.29, 0.717) is 5.56 Å². The van der Waals surface area contributed by atoms with Crippen LogP contribution in [0.25, 0.3) is 12.2 Å². The molecule has 0 radical (unpaired) electrons. The first-order chi connectivity index (χ1) is 8.81. The number of hydrogen-bond donors (Lipinski definition) is 0. The normalized spacial score (nSPS) is 10.5. The monoisotopic (exact) mass is 238 g/mol. The summed E-state index contributed by atoms with van der Waals surface area (Å²) < 4.78 is 4.76. The maximum absolute atomic E-state index is 11.6. The third-order valence-electron chi connectivity index (χ3n) is 2.62. The molecular weight excluding hydrogens is 224 g/mol. The van der Waals surface area contributed by atoms with E-state index in [9.17, 15) is 4.79 Å². The largest absolute Gasteiger partial charge is 0.465 e. The minimum absolute atomic E-state index is 0.316. The Balaban J connectivity index is 2.29. The van der Waals surface area contributed by atoms with Crippen LogP contribution in [0.4, 0.5) is 0 Å². The van der Waals surface area contributed by atoms with Crippen molar-refractivity contribution in [3.05, 3.63) is 71.3 Å². The van der Waals surface area contributed by atoms with Crippen LogP contribution in [0, 0.1) is 0 Å². The van der Waals surface area contributed by atoms with Crippen LogP contribution in [0.5, 0.6) is 0 Å². The van der Waals surface area contributed by atoms with Gasteiger partial charge in [0, 0.05) is 0 Å². The second-order valence-electron chi connectivity index (χ2n) is 3.82. The first-order valence-corrected chi connectivity index (χ1v) is 5.72. The van der Waals surface area contributed by atoms with Gasteiger partial charge in [0.25, 0.3) is 0 Å². The number of hydrogen-bond acceptors (Lipinski definition) is 2. The zero-order valence-corrected chi connectivity index (χ0v) is 10.2. The van der Waals surface area contributed by atoms with E-state index in [1.54, 1.807) is 6.07 Å². The summed E-state index contributed by atoms with van der Waals surface area (Å²) in [5.74, 6) is -0.316. The lowest BCUT2D eigenvalue weighted by molar-refractivity contribution is 0.0600. The van der Waals surface area contributed by atoms with Crippen molar-refractivity contribution in [2.45, 2.75) is 0 Å². The number of benzene rings is 2. The Morgan fingerprint density at radius 2 is 1.61 bits per heavy atom. The standard InChI is InChI=1S/C16H14O2/c1-18-16(17)15-10-6-5-9-14(15)12-11-13-7-3-2-4-8-13/h2-12H,1H3/b12-11-. The van der Waals surface area contributed by atoms with E-state index in [1.807, 2.05) is 60.7 Å². The first kappa shape index (κ1) is 12.1. The molecule has 0 heterocycles. The van der Waals surface area contributed by atoms with Crippen LogP contribution in [-0.4, -0.2) is 13.1 Å². The van der Waals surface area contributed by atoms with Gasteiger partial charge in [0.2, 0.25) is 0 Å². The predicted molar refractivity (Wildman–Crippen MR) is 73.2 cm³/mol. The molecule has 0 bridgehead atoms. The smallest absolute Gasteiger partial charge is 0.338 e. The summed E-state index contributed by atoms with van der Waals surface area (Å²) in [5.41, 5.74) is 2.53. The molecule has 0 unspecified atom stereocenters. The van der Waals surface area contributed by atoms with Crippen LogP contribution in [0.1, 0.15) is 21.5 Å². The molecule has 0 amide bonds. The molecule has 0 aliphatic heterocycles. The van der Waals surface area contributed by atoms with Gasteiger partial charge in [-0.3, -0.25) is 0 Å². The summed E-state index contributed by atoms with van der Waals surface area (Å²) >= 11 is 0. The third-order valence-corrected chi connectivity index (χ3v) is 2.62. The summed E-state index contributed by atoms with van der Waals surface area (Å²) in [7, 11) is 1.39. The van der Waals surface area contributed by atoms with Gasteiger partial charge >= 0.3 is 5.97 Å². The Bertz CT molecular complexity index is 556. The Morgan fingerprint density at radius 1 is 0.944 bits per heavy atom. The Labute approximate surface area is 107 Å². The fraction of sp³-hybridized carbons (Fsp3) is 0.0625. The average molecular weight is 238 g/mol. The second kappa shape index (κ2) is 5.82. The van der Waals surface area contributed by atoms with E-state index in [-0.39, 0.29) is 5.97 Å². The van der Waals surface area contributed by atoms with Gasteiger partial charge in [-0.05, 0) is 17.2 Å². The van der Waals surface area contributed by atoms with Gasteiger partial charge in [0.15, 0.2) is 0 Å². The molecule has 2 rings (SSSR count). The molecule has 0 aliphatic rings. The quantitative estimate of drug-likeness (QED) is 0.602. The summed E-state index contributed by atoms with van der Waals surface area (Å²) in [5, 5.41) is 0. The molecule has 18 heavy (non-hydrogen) atoms. The van der Waals surface area contributed by atoms with Gasteiger partial charge in [-0.2, -0.15) is 0 Å². The summed E-state index contributed by atoms with van der Waals surface area (Å²) in [6.07, 6.45) is 3.89. The van der Waals surface area contributed by atoms with Crippen molar-refractivity contribution >= 4 is 18.1 Å². The van der Waals surface area contributed by atoms with Crippen molar-refractivity contribution in [3.63, 3.8) is 0 Å². The maximum Gasteiger partial charge on any atom is 0.338 e. The van der Waals surface area contributed by atoms with Gasteiger partial charge in [-0.1, -0.05) is 60.7 Å². The SMILES string of the molecule is COC(=O)c1ccccc1/C=C\c1ccccc1. The van der Waals surface area contributed by atoms with Crippen molar-refractivity contribution in [3.8, 4) is 0 Å². The predicted octanol–water partition coefficient (Wildman–Crippen LogP) is 3.64. The van der Waals surface area contributed by atoms with Gasteiger partial charge in [-0.25, -0.2) is 4.79 Å². The zero-order valence-electron chi connectivity index (χ0n) is 10.2. The molecule has 0 N–H and O–H groups in total. The van der Waals surface area contributed by atoms with Gasteiger partial charge < -0.3 is 4.74 Å². The molecule has 0 spiro atoms. The summed E-state index contributed by atoms with van der Waals surface area (Å²) in [4.78, 5) is 11.6. The molecule has 0 saturated carbocycles. The van der Waals surface area contributed by atoms with Crippen LogP contribution >= 0.6 is 0 Å². The van der Waals surface area contributed by atoms with Crippen molar-refractivity contribution in [1.82, 2.24) is 0 Å². The maximum atomic E-state index is 11.6. The Kier molecular flexibility index (Phi) is 3.92. The highest BCUT2D eigenvalue weighted by Gasteiger charge is 2.08. The van der Waals surface area contributed by atoms with Gasteiger partial charge in [-0.15, -0.1) is 0 Å². The van der Waals surface area contributed by atoms with Crippen molar-refractivity contribution in [1.29, 1.82) is 0 Å². The number of carbonyl (C=O) groups excluding carboxylic acids is 1. The van der Waals surface area contributed by atoms with Crippen molar-refractivity contribution in [2.24, 2.45) is 0 Å². The van der Waals surface area contributed by atoms with Crippen LogP contribution in [-0.2, 0) is 4.74 Å². The average Bonchev–Trinajstić information content (AvgIpc) is 2.45. The van der Waals surface area contributed by atoms with E-state index >= 15 is 0 Å². The Morgan fingerprint density at radius 3 is 2.33 bits per heavy atom. The minimum Gasteiger partial charge on any atom is -0.465 e. The fourth-order valence-corrected chi connectivity index (χ4v) is 1.69. The van der Waals surface area contributed by atoms with Gasteiger partial charge in [0.05, 0.1) is 12.7 Å². The minimum atomic E-state index is -0.316. The lowest BCUT2D eigenvalue weighted by atomic mass is 10.1.